The Kier molecular flexibility index (Phi) is 11.2. The number of rotatable bonds is 8. The van der Waals surface area contributed by atoms with Gasteiger partial charge in [-0.15, -0.1) is 0 Å². The molecular formula is C28H25ClF3N3O10S. The second-order valence-electron chi connectivity index (χ2n) is 9.41. The average molecular weight is 688 g/mol. The van der Waals surface area contributed by atoms with Crippen LogP contribution in [0.15, 0.2) is 60.7 Å². The third-order valence-electron chi connectivity index (χ3n) is 5.82. The van der Waals surface area contributed by atoms with Crippen LogP contribution in [0.1, 0.15) is 47.1 Å². The number of nitrogens with one attached hydrogen (secondary N) is 1. The van der Waals surface area contributed by atoms with E-state index in [1.807, 2.05) is 0 Å². The van der Waals surface area contributed by atoms with Gasteiger partial charge in [0, 0.05) is 18.2 Å². The maximum atomic E-state index is 12.7. The molecule has 4 rings (SSSR count). The van der Waals surface area contributed by atoms with Crippen LogP contribution < -0.4 is 9.46 Å². The Morgan fingerprint density at radius 3 is 2.33 bits per heavy atom. The van der Waals surface area contributed by atoms with Crippen LogP contribution in [0.3, 0.4) is 0 Å². The molecule has 0 atom stereocenters. The first kappa shape index (κ1) is 35.6. The van der Waals surface area contributed by atoms with Gasteiger partial charge in [0.15, 0.2) is 6.61 Å². The predicted octanol–water partition coefficient (Wildman–Crippen LogP) is 5.99. The van der Waals surface area contributed by atoms with E-state index in [1.165, 1.54) is 6.92 Å². The lowest BCUT2D eigenvalue weighted by molar-refractivity contribution is -0.385. The minimum atomic E-state index is -4.61. The Labute approximate surface area is 265 Å². The molecule has 3 aromatic carbocycles. The van der Waals surface area contributed by atoms with Crippen molar-refractivity contribution in [1.29, 1.82) is 0 Å². The van der Waals surface area contributed by atoms with E-state index in [0.717, 1.165) is 34.6 Å². The van der Waals surface area contributed by atoms with E-state index in [2.05, 4.69) is 9.46 Å². The molecule has 13 nitrogen and oxygen atoms in total. The normalized spacial score (nSPS) is 13.5. The Bertz CT molecular complexity index is 1770. The zero-order valence-electron chi connectivity index (χ0n) is 24.2. The Morgan fingerprint density at radius 1 is 1.07 bits per heavy atom. The van der Waals surface area contributed by atoms with E-state index in [0.29, 0.717) is 17.3 Å². The molecule has 1 amide bonds. The molecule has 46 heavy (non-hydrogen) atoms. The molecule has 0 bridgehead atoms. The number of halogens is 4. The quantitative estimate of drug-likeness (QED) is 0.169. The van der Waals surface area contributed by atoms with Gasteiger partial charge in [-0.1, -0.05) is 23.7 Å². The number of nitrogens with zero attached hydrogens (tertiary/aromatic N) is 2. The van der Waals surface area contributed by atoms with Gasteiger partial charge < -0.3 is 14.2 Å². The summed E-state index contributed by atoms with van der Waals surface area (Å²) in [5.74, 6) is -2.84. The monoisotopic (exact) mass is 687 g/mol. The number of ether oxygens (including phenoxy) is 3. The largest absolute Gasteiger partial charge is 0.463 e. The Balaban J connectivity index is 0.000000300. The van der Waals surface area contributed by atoms with Crippen LogP contribution in [0.5, 0.6) is 11.5 Å². The summed E-state index contributed by atoms with van der Waals surface area (Å²) in [5, 5.41) is 10.8. The molecule has 0 saturated carbocycles. The predicted molar refractivity (Wildman–Crippen MR) is 157 cm³/mol. The van der Waals surface area contributed by atoms with Crippen molar-refractivity contribution in [3.8, 4) is 11.5 Å². The van der Waals surface area contributed by atoms with Crippen LogP contribution in [0.2, 0.25) is 5.02 Å². The minimum Gasteiger partial charge on any atom is -0.463 e. The van der Waals surface area contributed by atoms with E-state index in [1.54, 1.807) is 38.1 Å². The number of alkyl halides is 3. The summed E-state index contributed by atoms with van der Waals surface area (Å²) < 4.78 is 79.6. The fourth-order valence-electron chi connectivity index (χ4n) is 3.88. The molecular weight excluding hydrogens is 663 g/mol. The van der Waals surface area contributed by atoms with Gasteiger partial charge in [0.2, 0.25) is 0 Å². The van der Waals surface area contributed by atoms with Gasteiger partial charge >= 0.3 is 28.3 Å². The number of hydrogen-bond acceptors (Lipinski definition) is 10. The summed E-state index contributed by atoms with van der Waals surface area (Å²) in [6.45, 7) is 4.14. The molecule has 1 aliphatic rings. The molecule has 246 valence electrons. The van der Waals surface area contributed by atoms with E-state index in [-0.39, 0.29) is 23.1 Å². The number of fused-ring (bicyclic) bond motifs is 1. The fourth-order valence-corrected chi connectivity index (χ4v) is 5.52. The first-order valence-corrected chi connectivity index (χ1v) is 14.9. The highest BCUT2D eigenvalue weighted by atomic mass is 35.5. The molecule has 0 spiro atoms. The smallest absolute Gasteiger partial charge is 0.416 e. The van der Waals surface area contributed by atoms with E-state index < -0.39 is 68.6 Å². The van der Waals surface area contributed by atoms with Crippen molar-refractivity contribution < 1.29 is 55.1 Å². The highest BCUT2D eigenvalue weighted by molar-refractivity contribution is 7.91. The van der Waals surface area contributed by atoms with Gasteiger partial charge in [0.1, 0.15) is 17.1 Å². The van der Waals surface area contributed by atoms with Gasteiger partial charge in [0.05, 0.1) is 33.4 Å². The van der Waals surface area contributed by atoms with Crippen LogP contribution in [0.4, 0.5) is 24.5 Å². The molecule has 3 aromatic rings. The van der Waals surface area contributed by atoms with Gasteiger partial charge in [-0.25, -0.2) is 13.9 Å². The fraction of sp³-hybridized carbons (Fsp3) is 0.250. The number of nitro groups is 1. The Hall–Kier alpha value is -4.90. The summed E-state index contributed by atoms with van der Waals surface area (Å²) in [6.07, 6.45) is -4.61. The SMILES string of the molecule is CC(C)N1C(=O)c2ccccc2NS1(=O)=O.CCOC(=O)COC(=O)c1cc(Oc2ccc(C(F)(F)F)cc2Cl)ccc1[N+](=O)[O-]. The van der Waals surface area contributed by atoms with Crippen molar-refractivity contribution in [1.82, 2.24) is 4.31 Å². The summed E-state index contributed by atoms with van der Waals surface area (Å²) >= 11 is 5.81. The van der Waals surface area contributed by atoms with Crippen molar-refractivity contribution >= 4 is 51.0 Å². The lowest BCUT2D eigenvalue weighted by Crippen LogP contribution is -2.48. The molecule has 0 fully saturated rings. The number of benzene rings is 3. The van der Waals surface area contributed by atoms with Gasteiger partial charge in [-0.05, 0) is 57.2 Å². The number of nitro benzene ring substituents is 1. The molecule has 0 aromatic heterocycles. The van der Waals surface area contributed by atoms with Crippen molar-refractivity contribution in [2.24, 2.45) is 0 Å². The third kappa shape index (κ3) is 8.63. The lowest BCUT2D eigenvalue weighted by atomic mass is 10.1. The molecule has 1 heterocycles. The first-order chi connectivity index (χ1) is 21.5. The number of esters is 2. The molecule has 18 heteroatoms. The van der Waals surface area contributed by atoms with Crippen molar-refractivity contribution in [3.63, 3.8) is 0 Å². The average Bonchev–Trinajstić information content (AvgIpc) is 2.96. The maximum Gasteiger partial charge on any atom is 0.416 e. The van der Waals surface area contributed by atoms with Gasteiger partial charge in [-0.3, -0.25) is 19.6 Å². The van der Waals surface area contributed by atoms with Gasteiger partial charge in [0.25, 0.3) is 11.6 Å². The van der Waals surface area contributed by atoms with Crippen molar-refractivity contribution in [2.45, 2.75) is 33.0 Å². The highest BCUT2D eigenvalue weighted by Gasteiger charge is 2.37. The topological polar surface area (TPSA) is 171 Å². The van der Waals surface area contributed by atoms with Crippen molar-refractivity contribution in [3.05, 3.63) is 92.5 Å². The van der Waals surface area contributed by atoms with Crippen molar-refractivity contribution in [2.75, 3.05) is 17.9 Å². The summed E-state index contributed by atoms with van der Waals surface area (Å²) in [5.41, 5.74) is -1.44. The number of hydrogen-bond donors (Lipinski definition) is 1. The number of para-hydroxylation sites is 1. The second-order valence-corrected chi connectivity index (χ2v) is 11.4. The molecule has 1 N–H and O–H groups in total. The zero-order valence-corrected chi connectivity index (χ0v) is 25.7. The summed E-state index contributed by atoms with van der Waals surface area (Å²) in [6, 6.07) is 11.5. The maximum absolute atomic E-state index is 12.7. The first-order valence-electron chi connectivity index (χ1n) is 13.1. The number of carbonyl (C=O) groups is 3. The van der Waals surface area contributed by atoms with Gasteiger partial charge in [-0.2, -0.15) is 21.6 Å². The van der Waals surface area contributed by atoms with Crippen LogP contribution in [0.25, 0.3) is 0 Å². The zero-order chi connectivity index (χ0) is 34.4. The summed E-state index contributed by atoms with van der Waals surface area (Å²) in [7, 11) is -3.75. The number of carbonyl (C=O) groups excluding carboxylic acids is 3. The second kappa shape index (κ2) is 14.5. The minimum absolute atomic E-state index is 0.0493. The summed E-state index contributed by atoms with van der Waals surface area (Å²) in [4.78, 5) is 45.7. The third-order valence-corrected chi connectivity index (χ3v) is 7.70. The van der Waals surface area contributed by atoms with E-state index in [4.69, 9.17) is 21.1 Å². The lowest BCUT2D eigenvalue weighted by Gasteiger charge is -2.31. The van der Waals surface area contributed by atoms with Crippen LogP contribution in [-0.4, -0.2) is 54.7 Å². The van der Waals surface area contributed by atoms with Crippen LogP contribution >= 0.6 is 11.6 Å². The van der Waals surface area contributed by atoms with Crippen LogP contribution in [-0.2, 0) is 30.7 Å². The molecule has 0 saturated heterocycles. The Morgan fingerprint density at radius 2 is 1.74 bits per heavy atom. The van der Waals surface area contributed by atoms with Crippen LogP contribution in [0, 0.1) is 10.1 Å². The molecule has 0 aliphatic carbocycles. The molecule has 1 aliphatic heterocycles. The number of anilines is 1. The molecule has 0 radical (unpaired) electrons. The standard InChI is InChI=1S/C18H13ClF3NO7.C10H12N2O3S/c1-2-28-16(24)9-29-17(25)12-8-11(4-5-14(12)23(26)27)30-15-6-3-10(7-13(15)19)18(20,21)22;1-7(2)12-10(13)8-5-3-4-6-9(8)11-16(12,14)15/h3-8H,2,9H2,1H3;3-7,11H,1-2H3. The highest BCUT2D eigenvalue weighted by Crippen LogP contribution is 2.37. The van der Waals surface area contributed by atoms with E-state index >= 15 is 0 Å². The number of amides is 1. The molecule has 0 unspecified atom stereocenters. The van der Waals surface area contributed by atoms with E-state index in [9.17, 15) is 46.1 Å².